The van der Waals surface area contributed by atoms with E-state index in [2.05, 4.69) is 4.90 Å². The molecule has 0 spiro atoms. The third kappa shape index (κ3) is 4.38. The van der Waals surface area contributed by atoms with Crippen LogP contribution in [0.1, 0.15) is 38.8 Å². The first-order valence-electron chi connectivity index (χ1n) is 9.60. The maximum absolute atomic E-state index is 12.4. The summed E-state index contributed by atoms with van der Waals surface area (Å²) in [6, 6.07) is 7.77. The normalized spacial score (nSPS) is 25.3. The maximum atomic E-state index is 12.4. The fourth-order valence-corrected chi connectivity index (χ4v) is 4.24. The Balaban J connectivity index is 1.62. The largest absolute Gasteiger partial charge is 0.497 e. The molecule has 0 aromatic heterocycles. The number of carbonyl (C=O) groups excluding carboxylic acids is 1. The van der Waals surface area contributed by atoms with Gasteiger partial charge in [0.25, 0.3) is 0 Å². The lowest BCUT2D eigenvalue weighted by Gasteiger charge is -2.31. The molecule has 1 aromatic rings. The number of likely N-dealkylation sites (tertiary alicyclic amines) is 1. The molecule has 2 aliphatic rings. The van der Waals surface area contributed by atoms with Gasteiger partial charge in [-0.2, -0.15) is 0 Å². The molecule has 150 valence electrons. The van der Waals surface area contributed by atoms with Gasteiger partial charge in [-0.1, -0.05) is 12.1 Å². The van der Waals surface area contributed by atoms with Crippen molar-refractivity contribution in [2.45, 2.75) is 38.8 Å². The quantitative estimate of drug-likeness (QED) is 0.827. The topological polar surface area (TPSA) is 62.2 Å². The monoisotopic (exact) mass is 376 g/mol. The Kier molecular flexibility index (Phi) is 5.41. The van der Waals surface area contributed by atoms with E-state index in [4.69, 9.17) is 9.47 Å². The van der Waals surface area contributed by atoms with Crippen LogP contribution in [0.15, 0.2) is 24.3 Å². The van der Waals surface area contributed by atoms with Gasteiger partial charge in [0, 0.05) is 25.0 Å². The van der Waals surface area contributed by atoms with E-state index in [1.165, 1.54) is 0 Å². The molecular formula is C21H32N2O4. The van der Waals surface area contributed by atoms with Crippen LogP contribution >= 0.6 is 0 Å². The molecule has 2 fully saturated rings. The summed E-state index contributed by atoms with van der Waals surface area (Å²) >= 11 is 0. The molecule has 6 heteroatoms. The predicted octanol–water partition coefficient (Wildman–Crippen LogP) is 2.92. The molecule has 0 radical (unpaired) electrons. The van der Waals surface area contributed by atoms with Crippen LogP contribution in [0.2, 0.25) is 0 Å². The van der Waals surface area contributed by atoms with Crippen LogP contribution in [-0.4, -0.2) is 67.0 Å². The van der Waals surface area contributed by atoms with E-state index in [1.807, 2.05) is 57.0 Å². The number of piperidine rings is 1. The van der Waals surface area contributed by atoms with Gasteiger partial charge in [0.1, 0.15) is 11.4 Å². The Morgan fingerprint density at radius 1 is 1.37 bits per heavy atom. The summed E-state index contributed by atoms with van der Waals surface area (Å²) in [5, 5.41) is 9.96. The highest BCUT2D eigenvalue weighted by Gasteiger charge is 2.61. The second-order valence-corrected chi connectivity index (χ2v) is 9.01. The van der Waals surface area contributed by atoms with Gasteiger partial charge >= 0.3 is 6.09 Å². The molecule has 1 aliphatic carbocycles. The first kappa shape index (κ1) is 20.0. The molecule has 1 saturated heterocycles. The fraction of sp³-hybridized carbons (Fsp3) is 0.667. The van der Waals surface area contributed by atoms with E-state index in [0.29, 0.717) is 5.92 Å². The van der Waals surface area contributed by atoms with Crippen molar-refractivity contribution in [3.63, 3.8) is 0 Å². The number of nitrogens with zero attached hydrogens (tertiary/aromatic N) is 2. The van der Waals surface area contributed by atoms with Gasteiger partial charge in [-0.15, -0.1) is 0 Å². The lowest BCUT2D eigenvalue weighted by atomic mass is 10.0. The maximum Gasteiger partial charge on any atom is 0.410 e. The van der Waals surface area contributed by atoms with Crippen LogP contribution < -0.4 is 4.74 Å². The molecule has 1 aliphatic heterocycles. The lowest BCUT2D eigenvalue weighted by Crippen LogP contribution is -2.39. The Labute approximate surface area is 162 Å². The number of methoxy groups -OCH3 is 1. The average Bonchev–Trinajstić information content (AvgIpc) is 3.13. The Morgan fingerprint density at radius 2 is 2.04 bits per heavy atom. The van der Waals surface area contributed by atoms with E-state index in [1.54, 1.807) is 7.11 Å². The number of hydrogen-bond donors (Lipinski definition) is 1. The van der Waals surface area contributed by atoms with Gasteiger partial charge < -0.3 is 19.5 Å². The van der Waals surface area contributed by atoms with Crippen molar-refractivity contribution in [3.05, 3.63) is 29.8 Å². The van der Waals surface area contributed by atoms with Gasteiger partial charge in [0.05, 0.1) is 19.8 Å². The number of aliphatic hydroxyl groups excluding tert-OH is 1. The molecule has 6 nitrogen and oxygen atoms in total. The highest BCUT2D eigenvalue weighted by molar-refractivity contribution is 5.69. The first-order valence-corrected chi connectivity index (χ1v) is 9.60. The van der Waals surface area contributed by atoms with Crippen molar-refractivity contribution in [2.24, 2.45) is 11.3 Å². The molecule has 0 unspecified atom stereocenters. The van der Waals surface area contributed by atoms with Crippen molar-refractivity contribution in [2.75, 3.05) is 40.4 Å². The Bertz CT molecular complexity index is 670. The summed E-state index contributed by atoms with van der Waals surface area (Å²) in [5.41, 5.74) is 0.729. The van der Waals surface area contributed by atoms with Gasteiger partial charge in [0.15, 0.2) is 0 Å². The summed E-state index contributed by atoms with van der Waals surface area (Å²) in [7, 11) is 3.69. The van der Waals surface area contributed by atoms with Crippen LogP contribution in [0.3, 0.4) is 0 Å². The summed E-state index contributed by atoms with van der Waals surface area (Å²) in [4.78, 5) is 16.4. The van der Waals surface area contributed by atoms with Crippen LogP contribution in [0.25, 0.3) is 0 Å². The van der Waals surface area contributed by atoms with E-state index >= 15 is 0 Å². The summed E-state index contributed by atoms with van der Waals surface area (Å²) in [5.74, 6) is 1.34. The SMILES string of the molecule is COc1ccc([C@H](CO)N(C)C[C@]23C[C@H]2CN(C(=O)OC(C)(C)C)C3)cc1. The van der Waals surface area contributed by atoms with E-state index in [0.717, 1.165) is 37.4 Å². The van der Waals surface area contributed by atoms with Crippen LogP contribution in [0.5, 0.6) is 5.75 Å². The number of ether oxygens (including phenoxy) is 2. The molecule has 1 N–H and O–H groups in total. The highest BCUT2D eigenvalue weighted by atomic mass is 16.6. The molecular weight excluding hydrogens is 344 g/mol. The number of rotatable bonds is 6. The van der Waals surface area contributed by atoms with E-state index in [-0.39, 0.29) is 24.2 Å². The van der Waals surface area contributed by atoms with Crippen LogP contribution in [0.4, 0.5) is 4.79 Å². The predicted molar refractivity (Wildman–Crippen MR) is 104 cm³/mol. The van der Waals surface area contributed by atoms with Gasteiger partial charge in [-0.3, -0.25) is 4.90 Å². The van der Waals surface area contributed by atoms with Gasteiger partial charge in [0.2, 0.25) is 0 Å². The second kappa shape index (κ2) is 7.32. The van der Waals surface area contributed by atoms with Gasteiger partial charge in [-0.25, -0.2) is 4.79 Å². The average molecular weight is 376 g/mol. The minimum atomic E-state index is -0.468. The third-order valence-corrected chi connectivity index (χ3v) is 5.73. The van der Waals surface area contributed by atoms with Crippen molar-refractivity contribution in [1.82, 2.24) is 9.80 Å². The number of benzene rings is 1. The zero-order chi connectivity index (χ0) is 19.8. The molecule has 1 amide bonds. The number of aliphatic hydroxyl groups is 1. The number of carbonyl (C=O) groups is 1. The second-order valence-electron chi connectivity index (χ2n) is 9.01. The number of amides is 1. The molecule has 27 heavy (non-hydrogen) atoms. The van der Waals surface area contributed by atoms with E-state index in [9.17, 15) is 9.90 Å². The standard InChI is InChI=1S/C21H32N2O4/c1-20(2,3)27-19(25)23-11-16-10-21(16,14-23)13-22(4)18(12-24)15-6-8-17(26-5)9-7-15/h6-9,16,18,24H,10-14H2,1-5H3/t16-,18-,21-/m0/s1. The fourth-order valence-electron chi connectivity index (χ4n) is 4.24. The molecule has 3 atom stereocenters. The Morgan fingerprint density at radius 3 is 2.59 bits per heavy atom. The van der Waals surface area contributed by atoms with Crippen molar-refractivity contribution < 1.29 is 19.4 Å². The minimum absolute atomic E-state index is 0.0549. The van der Waals surface area contributed by atoms with Crippen molar-refractivity contribution in [1.29, 1.82) is 0 Å². The van der Waals surface area contributed by atoms with Crippen LogP contribution in [-0.2, 0) is 4.74 Å². The number of likely N-dealkylation sites (N-methyl/N-ethyl adjacent to an activating group) is 1. The van der Waals surface area contributed by atoms with Crippen LogP contribution in [0, 0.1) is 11.3 Å². The van der Waals surface area contributed by atoms with Crippen molar-refractivity contribution >= 4 is 6.09 Å². The number of hydrogen-bond acceptors (Lipinski definition) is 5. The Hall–Kier alpha value is -1.79. The minimum Gasteiger partial charge on any atom is -0.497 e. The van der Waals surface area contributed by atoms with Gasteiger partial charge in [-0.05, 0) is 57.9 Å². The lowest BCUT2D eigenvalue weighted by molar-refractivity contribution is 0.0251. The smallest absolute Gasteiger partial charge is 0.410 e. The third-order valence-electron chi connectivity index (χ3n) is 5.73. The molecule has 0 bridgehead atoms. The van der Waals surface area contributed by atoms with E-state index < -0.39 is 5.60 Å². The summed E-state index contributed by atoms with van der Waals surface area (Å²) < 4.78 is 10.7. The molecule has 1 aromatic carbocycles. The zero-order valence-corrected chi connectivity index (χ0v) is 17.1. The first-order chi connectivity index (χ1) is 12.7. The highest BCUT2D eigenvalue weighted by Crippen LogP contribution is 2.58. The summed E-state index contributed by atoms with van der Waals surface area (Å²) in [6.45, 7) is 8.10. The summed E-state index contributed by atoms with van der Waals surface area (Å²) in [6.07, 6.45) is 0.919. The number of fused-ring (bicyclic) bond motifs is 1. The zero-order valence-electron chi connectivity index (χ0n) is 17.1. The van der Waals surface area contributed by atoms with Crippen molar-refractivity contribution in [3.8, 4) is 5.75 Å². The molecule has 3 rings (SSSR count). The molecule has 1 heterocycles. The molecule has 1 saturated carbocycles.